The summed E-state index contributed by atoms with van der Waals surface area (Å²) < 4.78 is 62.9. The van der Waals surface area contributed by atoms with Crippen LogP contribution in [0, 0.1) is 5.82 Å². The van der Waals surface area contributed by atoms with Crippen LogP contribution in [0.2, 0.25) is 0 Å². The van der Waals surface area contributed by atoms with Gasteiger partial charge in [0.1, 0.15) is 17.3 Å². The molecule has 0 saturated carbocycles. The zero-order chi connectivity index (χ0) is 31.6. The van der Waals surface area contributed by atoms with Gasteiger partial charge in [0.05, 0.1) is 30.7 Å². The summed E-state index contributed by atoms with van der Waals surface area (Å²) in [6.07, 6.45) is -5.09. The van der Waals surface area contributed by atoms with Crippen molar-refractivity contribution in [1.29, 1.82) is 0 Å². The van der Waals surface area contributed by atoms with Gasteiger partial charge in [-0.3, -0.25) is 14.3 Å². The van der Waals surface area contributed by atoms with Crippen molar-refractivity contribution in [3.63, 3.8) is 0 Å². The molecule has 0 unspecified atom stereocenters. The second-order valence-corrected chi connectivity index (χ2v) is 10.1. The van der Waals surface area contributed by atoms with E-state index in [-0.39, 0.29) is 24.2 Å². The minimum absolute atomic E-state index is 0.0169. The number of nitrogens with one attached hydrogen (secondary N) is 1. The van der Waals surface area contributed by atoms with Crippen LogP contribution in [0.25, 0.3) is 33.3 Å². The van der Waals surface area contributed by atoms with Gasteiger partial charge in [0, 0.05) is 23.1 Å². The monoisotopic (exact) mass is 605 g/mol. The van der Waals surface area contributed by atoms with Crippen molar-refractivity contribution in [2.45, 2.75) is 25.6 Å². The molecular weight excluding hydrogens is 578 g/mol. The van der Waals surface area contributed by atoms with E-state index in [1.165, 1.54) is 6.07 Å². The smallest absolute Gasteiger partial charge is 0.419 e. The Bertz CT molecular complexity index is 1830. The zero-order valence-electron chi connectivity index (χ0n) is 23.7. The number of aliphatic carboxylic acids is 1. The highest BCUT2D eigenvalue weighted by atomic mass is 19.4. The van der Waals surface area contributed by atoms with Gasteiger partial charge in [-0.05, 0) is 72.1 Å². The molecule has 0 aliphatic rings. The SMILES string of the molecule is COc1ccc(-c2ccc3c(-c4cccc(C(F)(F)F)c4F)nn([C@@H](C)c4ccc(C(=O)NCCC(=O)O)cc4)c3c2)cc1. The van der Waals surface area contributed by atoms with Crippen molar-refractivity contribution in [2.24, 2.45) is 0 Å². The molecule has 1 amide bonds. The van der Waals surface area contributed by atoms with Gasteiger partial charge in [-0.25, -0.2) is 4.39 Å². The molecule has 44 heavy (non-hydrogen) atoms. The molecule has 0 bridgehead atoms. The van der Waals surface area contributed by atoms with Crippen LogP contribution in [0.5, 0.6) is 5.75 Å². The zero-order valence-corrected chi connectivity index (χ0v) is 23.7. The van der Waals surface area contributed by atoms with E-state index in [0.717, 1.165) is 22.8 Å². The molecule has 226 valence electrons. The van der Waals surface area contributed by atoms with E-state index in [2.05, 4.69) is 10.4 Å². The third-order valence-corrected chi connectivity index (χ3v) is 7.34. The van der Waals surface area contributed by atoms with Gasteiger partial charge < -0.3 is 15.2 Å². The van der Waals surface area contributed by atoms with E-state index in [9.17, 15) is 22.8 Å². The lowest BCUT2D eigenvalue weighted by Crippen LogP contribution is -2.26. The van der Waals surface area contributed by atoms with Crippen LogP contribution in [-0.2, 0) is 11.0 Å². The van der Waals surface area contributed by atoms with E-state index < -0.39 is 35.5 Å². The fraction of sp³-hybridized carbons (Fsp3) is 0.182. The quantitative estimate of drug-likeness (QED) is 0.171. The van der Waals surface area contributed by atoms with E-state index in [0.29, 0.717) is 28.3 Å². The number of carbonyl (C=O) groups excluding carboxylic acids is 1. The number of hydrogen-bond donors (Lipinski definition) is 2. The molecule has 7 nitrogen and oxygen atoms in total. The number of benzene rings is 4. The number of rotatable bonds is 9. The largest absolute Gasteiger partial charge is 0.497 e. The second kappa shape index (κ2) is 12.2. The Balaban J connectivity index is 1.59. The molecule has 1 heterocycles. The van der Waals surface area contributed by atoms with Crippen LogP contribution in [0.3, 0.4) is 0 Å². The van der Waals surface area contributed by atoms with Gasteiger partial charge in [-0.1, -0.05) is 36.4 Å². The molecule has 5 rings (SSSR count). The molecule has 0 saturated heterocycles. The number of halogens is 4. The predicted molar refractivity (Wildman–Crippen MR) is 157 cm³/mol. The highest BCUT2D eigenvalue weighted by Crippen LogP contribution is 2.39. The predicted octanol–water partition coefficient (Wildman–Crippen LogP) is 7.35. The first kappa shape index (κ1) is 30.3. The number of carboxylic acid groups (broad SMARTS) is 1. The van der Waals surface area contributed by atoms with Crippen molar-refractivity contribution in [3.05, 3.63) is 107 Å². The Labute approximate surface area is 249 Å². The Morgan fingerprint density at radius 3 is 2.30 bits per heavy atom. The molecule has 0 fully saturated rings. The molecule has 0 aliphatic heterocycles. The number of carbonyl (C=O) groups is 2. The maximum atomic E-state index is 15.3. The second-order valence-electron chi connectivity index (χ2n) is 10.1. The van der Waals surface area contributed by atoms with Crippen molar-refractivity contribution in [2.75, 3.05) is 13.7 Å². The number of nitrogens with zero attached hydrogens (tertiary/aromatic N) is 2. The molecule has 0 aliphatic carbocycles. The molecule has 2 N–H and O–H groups in total. The average molecular weight is 606 g/mol. The first-order valence-electron chi connectivity index (χ1n) is 13.6. The number of alkyl halides is 3. The van der Waals surface area contributed by atoms with Crippen LogP contribution in [-0.4, -0.2) is 40.4 Å². The Hall–Kier alpha value is -5.19. The third-order valence-electron chi connectivity index (χ3n) is 7.34. The van der Waals surface area contributed by atoms with E-state index >= 15 is 4.39 Å². The van der Waals surface area contributed by atoms with Crippen molar-refractivity contribution >= 4 is 22.8 Å². The number of methoxy groups -OCH3 is 1. The molecule has 0 spiro atoms. The van der Waals surface area contributed by atoms with Crippen molar-refractivity contribution < 1.29 is 37.0 Å². The topological polar surface area (TPSA) is 93.5 Å². The Morgan fingerprint density at radius 1 is 0.977 bits per heavy atom. The molecule has 5 aromatic rings. The normalized spacial score (nSPS) is 12.2. The maximum absolute atomic E-state index is 15.3. The molecule has 0 radical (unpaired) electrons. The summed E-state index contributed by atoms with van der Waals surface area (Å²) in [5.41, 5.74) is 1.68. The maximum Gasteiger partial charge on any atom is 0.419 e. The number of fused-ring (bicyclic) bond motifs is 1. The first-order chi connectivity index (χ1) is 21.0. The Kier molecular flexibility index (Phi) is 8.39. The highest BCUT2D eigenvalue weighted by molar-refractivity contribution is 5.96. The van der Waals surface area contributed by atoms with Crippen LogP contribution < -0.4 is 10.1 Å². The fourth-order valence-corrected chi connectivity index (χ4v) is 4.97. The summed E-state index contributed by atoms with van der Waals surface area (Å²) in [4.78, 5) is 23.1. The summed E-state index contributed by atoms with van der Waals surface area (Å²) in [6.45, 7) is 1.82. The van der Waals surface area contributed by atoms with E-state index in [1.807, 2.05) is 37.3 Å². The molecule has 11 heteroatoms. The molecule has 1 aromatic heterocycles. The van der Waals surface area contributed by atoms with Crippen LogP contribution >= 0.6 is 0 Å². The first-order valence-corrected chi connectivity index (χ1v) is 13.6. The van der Waals surface area contributed by atoms with E-state index in [4.69, 9.17) is 9.84 Å². The number of carboxylic acids is 1. The minimum Gasteiger partial charge on any atom is -0.497 e. The van der Waals surface area contributed by atoms with Crippen LogP contribution in [0.1, 0.15) is 40.9 Å². The van der Waals surface area contributed by atoms with Crippen molar-refractivity contribution in [1.82, 2.24) is 15.1 Å². The molecule has 4 aromatic carbocycles. The fourth-order valence-electron chi connectivity index (χ4n) is 4.97. The summed E-state index contributed by atoms with van der Waals surface area (Å²) in [7, 11) is 1.56. The van der Waals surface area contributed by atoms with Crippen LogP contribution in [0.15, 0.2) is 84.9 Å². The van der Waals surface area contributed by atoms with Gasteiger partial charge in [0.2, 0.25) is 0 Å². The number of ether oxygens (including phenoxy) is 1. The summed E-state index contributed by atoms with van der Waals surface area (Å²) in [5, 5.41) is 16.4. The van der Waals surface area contributed by atoms with Crippen LogP contribution in [0.4, 0.5) is 17.6 Å². The van der Waals surface area contributed by atoms with Gasteiger partial charge >= 0.3 is 12.1 Å². The minimum atomic E-state index is -4.88. The number of amides is 1. The lowest BCUT2D eigenvalue weighted by Gasteiger charge is -2.15. The highest BCUT2D eigenvalue weighted by Gasteiger charge is 2.35. The molecular formula is C33H27F4N3O4. The van der Waals surface area contributed by atoms with Gasteiger partial charge in [-0.2, -0.15) is 18.3 Å². The lowest BCUT2D eigenvalue weighted by molar-refractivity contribution is -0.140. The number of hydrogen-bond acceptors (Lipinski definition) is 4. The van der Waals surface area contributed by atoms with Crippen molar-refractivity contribution in [3.8, 4) is 28.1 Å². The summed E-state index contributed by atoms with van der Waals surface area (Å²) >= 11 is 0. The molecule has 1 atom stereocenters. The van der Waals surface area contributed by atoms with Gasteiger partial charge in [0.25, 0.3) is 5.91 Å². The third kappa shape index (κ3) is 6.12. The lowest BCUT2D eigenvalue weighted by atomic mass is 10.00. The standard InChI is InChI=1S/C33H27F4N3O4/c1-19(20-6-8-22(9-7-20)32(43)38-17-16-29(41)42)40-28-18-23(21-10-13-24(44-2)14-11-21)12-15-25(28)31(39-40)26-4-3-5-27(30(26)34)33(35,36)37/h3-15,18-19H,16-17H2,1-2H3,(H,38,43)(H,41,42)/t19-/m0/s1. The van der Waals surface area contributed by atoms with Gasteiger partial charge in [-0.15, -0.1) is 0 Å². The average Bonchev–Trinajstić information content (AvgIpc) is 3.38. The summed E-state index contributed by atoms with van der Waals surface area (Å²) in [5.74, 6) is -2.19. The summed E-state index contributed by atoms with van der Waals surface area (Å²) in [6, 6.07) is 22.0. The van der Waals surface area contributed by atoms with E-state index in [1.54, 1.807) is 48.2 Å². The Morgan fingerprint density at radius 2 is 1.66 bits per heavy atom. The van der Waals surface area contributed by atoms with Gasteiger partial charge in [0.15, 0.2) is 0 Å². The number of aromatic nitrogens is 2.